The first-order valence-electron chi connectivity index (χ1n) is 8.08. The van der Waals surface area contributed by atoms with Crippen molar-refractivity contribution in [3.8, 4) is 0 Å². The zero-order valence-corrected chi connectivity index (χ0v) is 14.6. The molecule has 2 aromatic carbocycles. The molecular weight excluding hydrogens is 368 g/mol. The Morgan fingerprint density at radius 2 is 1.88 bits per heavy atom. The first-order valence-corrected chi connectivity index (χ1v) is 8.87. The monoisotopic (exact) mass is 384 g/mol. The Balaban J connectivity index is 1.88. The molecule has 0 spiro atoms. The summed E-state index contributed by atoms with van der Waals surface area (Å²) in [5.41, 5.74) is 2.72. The third-order valence-electron chi connectivity index (χ3n) is 4.53. The van der Waals surface area contributed by atoms with Crippen molar-refractivity contribution in [2.75, 3.05) is 11.9 Å². The van der Waals surface area contributed by atoms with Gasteiger partial charge in [-0.2, -0.15) is 0 Å². The third-order valence-corrected chi connectivity index (χ3v) is 5.03. The number of carbonyl (C=O) groups excluding carboxylic acids is 2. The number of rotatable bonds is 2. The standard InChI is InChI=1S/C19H17BrN2O2/c20-14-8-9-16-15(10-14)18(12-4-2-1-3-5-12)22(11-17(23)21-16)19(24)13-6-7-13/h1-5,8-10,13,18H,6-7,11H2,(H,21,23). The predicted molar refractivity (Wildman–Crippen MR) is 95.5 cm³/mol. The van der Waals surface area contributed by atoms with E-state index in [0.717, 1.165) is 34.1 Å². The Hall–Kier alpha value is -2.14. The summed E-state index contributed by atoms with van der Waals surface area (Å²) in [4.78, 5) is 27.0. The summed E-state index contributed by atoms with van der Waals surface area (Å²) in [7, 11) is 0. The van der Waals surface area contributed by atoms with Crippen molar-refractivity contribution in [3.05, 3.63) is 64.1 Å². The zero-order valence-electron chi connectivity index (χ0n) is 13.0. The van der Waals surface area contributed by atoms with Gasteiger partial charge in [-0.05, 0) is 36.6 Å². The van der Waals surface area contributed by atoms with E-state index in [1.165, 1.54) is 0 Å². The molecule has 4 nitrogen and oxygen atoms in total. The lowest BCUT2D eigenvalue weighted by Crippen LogP contribution is -2.39. The van der Waals surface area contributed by atoms with Crippen LogP contribution >= 0.6 is 15.9 Å². The number of carbonyl (C=O) groups is 2. The van der Waals surface area contributed by atoms with Gasteiger partial charge in [-0.15, -0.1) is 0 Å². The van der Waals surface area contributed by atoms with Crippen molar-refractivity contribution < 1.29 is 9.59 Å². The highest BCUT2D eigenvalue weighted by atomic mass is 79.9. The van der Waals surface area contributed by atoms with Gasteiger partial charge in [-0.25, -0.2) is 0 Å². The molecule has 1 unspecified atom stereocenters. The molecule has 1 aliphatic carbocycles. The number of amides is 2. The van der Waals surface area contributed by atoms with Crippen molar-refractivity contribution >= 4 is 33.4 Å². The van der Waals surface area contributed by atoms with E-state index in [-0.39, 0.29) is 30.3 Å². The van der Waals surface area contributed by atoms with E-state index < -0.39 is 0 Å². The molecule has 0 saturated heterocycles. The molecule has 1 fully saturated rings. The van der Waals surface area contributed by atoms with Gasteiger partial charge in [0.15, 0.2) is 0 Å². The van der Waals surface area contributed by atoms with E-state index >= 15 is 0 Å². The summed E-state index contributed by atoms with van der Waals surface area (Å²) in [5.74, 6) is -0.00412. The summed E-state index contributed by atoms with van der Waals surface area (Å²) in [6.07, 6.45) is 1.84. The molecule has 1 N–H and O–H groups in total. The molecule has 1 saturated carbocycles. The Morgan fingerprint density at radius 3 is 2.58 bits per heavy atom. The number of fused-ring (bicyclic) bond motifs is 1. The summed E-state index contributed by atoms with van der Waals surface area (Å²) < 4.78 is 0.928. The minimum Gasteiger partial charge on any atom is -0.324 e. The first kappa shape index (κ1) is 15.4. The number of nitrogens with one attached hydrogen (secondary N) is 1. The van der Waals surface area contributed by atoms with Crippen LogP contribution in [-0.4, -0.2) is 23.3 Å². The Morgan fingerprint density at radius 1 is 1.12 bits per heavy atom. The Labute approximate surface area is 149 Å². The number of benzene rings is 2. The van der Waals surface area contributed by atoms with Gasteiger partial charge in [-0.3, -0.25) is 9.59 Å². The summed E-state index contributed by atoms with van der Waals surface area (Å²) >= 11 is 3.51. The largest absolute Gasteiger partial charge is 0.324 e. The minimum atomic E-state index is -0.259. The fourth-order valence-electron chi connectivity index (χ4n) is 3.24. The maximum atomic E-state index is 12.9. The van der Waals surface area contributed by atoms with Crippen LogP contribution < -0.4 is 5.32 Å². The van der Waals surface area contributed by atoms with Gasteiger partial charge in [0.1, 0.15) is 6.54 Å². The maximum absolute atomic E-state index is 12.9. The lowest BCUT2D eigenvalue weighted by molar-refractivity contribution is -0.137. The van der Waals surface area contributed by atoms with E-state index in [1.807, 2.05) is 48.5 Å². The fraction of sp³-hybridized carbons (Fsp3) is 0.263. The van der Waals surface area contributed by atoms with Crippen molar-refractivity contribution in [2.24, 2.45) is 5.92 Å². The molecular formula is C19H17BrN2O2. The molecule has 0 radical (unpaired) electrons. The highest BCUT2D eigenvalue weighted by Gasteiger charge is 2.40. The molecule has 4 rings (SSSR count). The molecule has 122 valence electrons. The molecule has 1 heterocycles. The molecule has 24 heavy (non-hydrogen) atoms. The SMILES string of the molecule is O=C1CN(C(=O)C2CC2)C(c2ccccc2)c2cc(Br)ccc2N1. The quantitative estimate of drug-likeness (QED) is 0.857. The second-order valence-electron chi connectivity index (χ2n) is 6.33. The van der Waals surface area contributed by atoms with E-state index in [1.54, 1.807) is 4.90 Å². The number of hydrogen-bond donors (Lipinski definition) is 1. The van der Waals surface area contributed by atoms with Crippen LogP contribution in [0, 0.1) is 5.92 Å². The zero-order chi connectivity index (χ0) is 16.7. The van der Waals surface area contributed by atoms with Crippen LogP contribution in [0.2, 0.25) is 0 Å². The van der Waals surface area contributed by atoms with Crippen LogP contribution in [0.1, 0.15) is 30.0 Å². The second kappa shape index (κ2) is 6.06. The average molecular weight is 385 g/mol. The molecule has 2 aromatic rings. The molecule has 1 aliphatic heterocycles. The van der Waals surface area contributed by atoms with Gasteiger partial charge in [0.2, 0.25) is 11.8 Å². The molecule has 0 aromatic heterocycles. The normalized spacial score (nSPS) is 20.1. The first-order chi connectivity index (χ1) is 11.6. The molecule has 2 aliphatic rings. The molecule has 5 heteroatoms. The van der Waals surface area contributed by atoms with Gasteiger partial charge in [0, 0.05) is 21.6 Å². The van der Waals surface area contributed by atoms with Gasteiger partial charge in [0.05, 0.1) is 6.04 Å². The third kappa shape index (κ3) is 2.84. The van der Waals surface area contributed by atoms with Crippen molar-refractivity contribution in [1.82, 2.24) is 4.90 Å². The maximum Gasteiger partial charge on any atom is 0.244 e. The van der Waals surface area contributed by atoms with Gasteiger partial charge in [0.25, 0.3) is 0 Å². The summed E-state index contributed by atoms with van der Waals surface area (Å²) in [6, 6.07) is 15.4. The van der Waals surface area contributed by atoms with Crippen LogP contribution in [0.15, 0.2) is 53.0 Å². The Bertz CT molecular complexity index is 802. The van der Waals surface area contributed by atoms with Gasteiger partial charge < -0.3 is 10.2 Å². The molecule has 2 amide bonds. The van der Waals surface area contributed by atoms with E-state index in [0.29, 0.717) is 0 Å². The number of anilines is 1. The molecule has 0 bridgehead atoms. The number of nitrogens with zero attached hydrogens (tertiary/aromatic N) is 1. The van der Waals surface area contributed by atoms with Crippen molar-refractivity contribution in [1.29, 1.82) is 0 Å². The topological polar surface area (TPSA) is 49.4 Å². The minimum absolute atomic E-state index is 0.0673. The van der Waals surface area contributed by atoms with Gasteiger partial charge >= 0.3 is 0 Å². The summed E-state index contributed by atoms with van der Waals surface area (Å²) in [6.45, 7) is 0.0845. The van der Waals surface area contributed by atoms with Gasteiger partial charge in [-0.1, -0.05) is 46.3 Å². The average Bonchev–Trinajstić information content (AvgIpc) is 3.42. The van der Waals surface area contributed by atoms with Crippen LogP contribution in [-0.2, 0) is 9.59 Å². The Kier molecular flexibility index (Phi) is 3.88. The van der Waals surface area contributed by atoms with Crippen LogP contribution in [0.25, 0.3) is 0 Å². The lowest BCUT2D eigenvalue weighted by atomic mass is 9.95. The second-order valence-corrected chi connectivity index (χ2v) is 7.25. The highest BCUT2D eigenvalue weighted by Crippen LogP contribution is 2.40. The predicted octanol–water partition coefficient (Wildman–Crippen LogP) is 3.73. The summed E-state index contributed by atoms with van der Waals surface area (Å²) in [5, 5.41) is 2.94. The lowest BCUT2D eigenvalue weighted by Gasteiger charge is -2.30. The van der Waals surface area contributed by atoms with E-state index in [9.17, 15) is 9.59 Å². The van der Waals surface area contributed by atoms with Crippen LogP contribution in [0.5, 0.6) is 0 Å². The smallest absolute Gasteiger partial charge is 0.244 e. The fourth-order valence-corrected chi connectivity index (χ4v) is 3.62. The van der Waals surface area contributed by atoms with Crippen LogP contribution in [0.3, 0.4) is 0 Å². The van der Waals surface area contributed by atoms with Crippen LogP contribution in [0.4, 0.5) is 5.69 Å². The molecule has 1 atom stereocenters. The number of halogens is 1. The van der Waals surface area contributed by atoms with E-state index in [4.69, 9.17) is 0 Å². The van der Waals surface area contributed by atoms with Crippen molar-refractivity contribution in [2.45, 2.75) is 18.9 Å². The van der Waals surface area contributed by atoms with E-state index in [2.05, 4.69) is 21.2 Å². The highest BCUT2D eigenvalue weighted by molar-refractivity contribution is 9.10. The number of hydrogen-bond acceptors (Lipinski definition) is 2. The van der Waals surface area contributed by atoms with Crippen molar-refractivity contribution in [3.63, 3.8) is 0 Å².